The van der Waals surface area contributed by atoms with Crippen LogP contribution in [0.1, 0.15) is 36.2 Å². The first-order valence-corrected chi connectivity index (χ1v) is 8.82. The first-order valence-electron chi connectivity index (χ1n) is 8.82. The summed E-state index contributed by atoms with van der Waals surface area (Å²) in [5.74, 6) is -0.108. The third-order valence-corrected chi connectivity index (χ3v) is 4.83. The fourth-order valence-corrected chi connectivity index (χ4v) is 3.26. The summed E-state index contributed by atoms with van der Waals surface area (Å²) in [5, 5.41) is 6.17. The fraction of sp³-hybridized carbons (Fsp3) is 0.647. The first kappa shape index (κ1) is 17.6. The molecule has 3 rings (SSSR count). The van der Waals surface area contributed by atoms with E-state index in [0.29, 0.717) is 38.2 Å². The Hall–Kier alpha value is -2.22. The van der Waals surface area contributed by atoms with Gasteiger partial charge in [-0.25, -0.2) is 4.79 Å². The van der Waals surface area contributed by atoms with Crippen LogP contribution in [0.5, 0.6) is 0 Å². The summed E-state index contributed by atoms with van der Waals surface area (Å²) < 4.78 is 0. The van der Waals surface area contributed by atoms with Crippen molar-refractivity contribution in [1.29, 1.82) is 0 Å². The minimum Gasteiger partial charge on any atom is -0.352 e. The van der Waals surface area contributed by atoms with Crippen LogP contribution in [0.25, 0.3) is 0 Å². The Bertz CT molecular complexity index is 699. The normalized spacial score (nSPS) is 20.4. The van der Waals surface area contributed by atoms with Gasteiger partial charge >= 0.3 is 5.69 Å². The maximum Gasteiger partial charge on any atom is 0.345 e. The quantitative estimate of drug-likeness (QED) is 0.659. The summed E-state index contributed by atoms with van der Waals surface area (Å²) >= 11 is 0. The van der Waals surface area contributed by atoms with Gasteiger partial charge in [-0.3, -0.25) is 9.59 Å². The van der Waals surface area contributed by atoms with E-state index in [4.69, 9.17) is 0 Å². The standard InChI is InChI=1S/C17H25N5O3/c1-10-13(11(2)20-17(25)19-10)5-6-15(23)22-8-7-18-9-14(22)16(24)21-12-3-4-12/h12,14,18H,3-9H2,1-2H3,(H,21,24)(H,19,20,25). The summed E-state index contributed by atoms with van der Waals surface area (Å²) in [6, 6.07) is -0.165. The number of carbonyl (C=O) groups excluding carboxylic acids is 2. The highest BCUT2D eigenvalue weighted by Gasteiger charge is 2.34. The zero-order valence-corrected chi connectivity index (χ0v) is 14.7. The van der Waals surface area contributed by atoms with Gasteiger partial charge in [-0.05, 0) is 38.7 Å². The Kier molecular flexibility index (Phi) is 5.17. The van der Waals surface area contributed by atoms with Gasteiger partial charge in [0.25, 0.3) is 0 Å². The molecule has 136 valence electrons. The van der Waals surface area contributed by atoms with Crippen molar-refractivity contribution in [1.82, 2.24) is 25.5 Å². The number of carbonyl (C=O) groups is 2. The molecule has 1 atom stereocenters. The van der Waals surface area contributed by atoms with Crippen LogP contribution in [-0.2, 0) is 16.0 Å². The smallest absolute Gasteiger partial charge is 0.345 e. The van der Waals surface area contributed by atoms with Gasteiger partial charge in [0.2, 0.25) is 11.8 Å². The first-order chi connectivity index (χ1) is 12.0. The van der Waals surface area contributed by atoms with Gasteiger partial charge in [0.15, 0.2) is 0 Å². The number of nitrogens with one attached hydrogen (secondary N) is 3. The molecule has 1 aliphatic carbocycles. The van der Waals surface area contributed by atoms with Crippen LogP contribution < -0.4 is 16.3 Å². The highest BCUT2D eigenvalue weighted by molar-refractivity contribution is 5.88. The van der Waals surface area contributed by atoms with Crippen molar-refractivity contribution in [3.05, 3.63) is 27.4 Å². The summed E-state index contributed by atoms with van der Waals surface area (Å²) in [4.78, 5) is 44.7. The number of nitrogens with zero attached hydrogens (tertiary/aromatic N) is 2. The maximum atomic E-state index is 12.7. The maximum absolute atomic E-state index is 12.7. The molecule has 1 saturated heterocycles. The lowest BCUT2D eigenvalue weighted by atomic mass is 10.0. The van der Waals surface area contributed by atoms with Crippen LogP contribution in [0.15, 0.2) is 4.79 Å². The van der Waals surface area contributed by atoms with Crippen LogP contribution in [-0.4, -0.2) is 58.4 Å². The largest absolute Gasteiger partial charge is 0.352 e. The van der Waals surface area contributed by atoms with E-state index in [1.165, 1.54) is 0 Å². The lowest BCUT2D eigenvalue weighted by molar-refractivity contribution is -0.141. The molecule has 2 aliphatic rings. The van der Waals surface area contributed by atoms with Crippen LogP contribution >= 0.6 is 0 Å². The Morgan fingerprint density at radius 1 is 1.32 bits per heavy atom. The Balaban J connectivity index is 1.64. The van der Waals surface area contributed by atoms with Crippen LogP contribution in [0.3, 0.4) is 0 Å². The number of H-pyrrole nitrogens is 1. The predicted octanol–water partition coefficient (Wildman–Crippen LogP) is -0.602. The van der Waals surface area contributed by atoms with E-state index in [1.807, 2.05) is 6.92 Å². The van der Waals surface area contributed by atoms with Gasteiger partial charge in [-0.2, -0.15) is 4.98 Å². The van der Waals surface area contributed by atoms with Gasteiger partial charge in [0.1, 0.15) is 6.04 Å². The lowest BCUT2D eigenvalue weighted by Crippen LogP contribution is -2.59. The monoisotopic (exact) mass is 347 g/mol. The molecular weight excluding hydrogens is 322 g/mol. The van der Waals surface area contributed by atoms with E-state index in [9.17, 15) is 14.4 Å². The van der Waals surface area contributed by atoms with Gasteiger partial charge in [0.05, 0.1) is 0 Å². The van der Waals surface area contributed by atoms with Crippen molar-refractivity contribution in [2.75, 3.05) is 19.6 Å². The molecule has 2 amide bonds. The number of amides is 2. The fourth-order valence-electron chi connectivity index (χ4n) is 3.26. The minimum atomic E-state index is -0.447. The molecule has 1 aromatic rings. The average molecular weight is 347 g/mol. The number of hydrogen-bond donors (Lipinski definition) is 3. The highest BCUT2D eigenvalue weighted by atomic mass is 16.2. The van der Waals surface area contributed by atoms with Crippen LogP contribution in [0.4, 0.5) is 0 Å². The van der Waals surface area contributed by atoms with E-state index < -0.39 is 6.04 Å². The lowest BCUT2D eigenvalue weighted by Gasteiger charge is -2.35. The number of aryl methyl sites for hydroxylation is 2. The van der Waals surface area contributed by atoms with Crippen molar-refractivity contribution < 1.29 is 9.59 Å². The second kappa shape index (κ2) is 7.35. The van der Waals surface area contributed by atoms with Crippen molar-refractivity contribution in [2.24, 2.45) is 0 Å². The van der Waals surface area contributed by atoms with Crippen molar-refractivity contribution in [2.45, 2.75) is 51.6 Å². The summed E-state index contributed by atoms with van der Waals surface area (Å²) in [7, 11) is 0. The molecule has 8 heteroatoms. The number of aromatic amines is 1. The van der Waals surface area contributed by atoms with Crippen molar-refractivity contribution in [3.8, 4) is 0 Å². The van der Waals surface area contributed by atoms with Crippen LogP contribution in [0.2, 0.25) is 0 Å². The van der Waals surface area contributed by atoms with Crippen LogP contribution in [0, 0.1) is 13.8 Å². The Morgan fingerprint density at radius 2 is 2.08 bits per heavy atom. The average Bonchev–Trinajstić information content (AvgIpc) is 3.37. The zero-order chi connectivity index (χ0) is 18.0. The van der Waals surface area contributed by atoms with E-state index in [2.05, 4.69) is 20.6 Å². The summed E-state index contributed by atoms with van der Waals surface area (Å²) in [6.45, 7) is 5.30. The Morgan fingerprint density at radius 3 is 2.76 bits per heavy atom. The summed E-state index contributed by atoms with van der Waals surface area (Å²) in [5.41, 5.74) is 1.91. The summed E-state index contributed by atoms with van der Waals surface area (Å²) in [6.07, 6.45) is 2.85. The van der Waals surface area contributed by atoms with Gasteiger partial charge in [-0.15, -0.1) is 0 Å². The van der Waals surface area contributed by atoms with E-state index in [1.54, 1.807) is 11.8 Å². The molecule has 2 fully saturated rings. The van der Waals surface area contributed by atoms with Crippen molar-refractivity contribution >= 4 is 11.8 Å². The number of piperazine rings is 1. The van der Waals surface area contributed by atoms with Crippen molar-refractivity contribution in [3.63, 3.8) is 0 Å². The highest BCUT2D eigenvalue weighted by Crippen LogP contribution is 2.19. The molecule has 0 aromatic carbocycles. The molecule has 3 N–H and O–H groups in total. The molecule has 2 heterocycles. The molecule has 1 aromatic heterocycles. The molecule has 8 nitrogen and oxygen atoms in total. The third kappa shape index (κ3) is 4.25. The Labute approximate surface area is 146 Å². The molecule has 25 heavy (non-hydrogen) atoms. The van der Waals surface area contributed by atoms with Gasteiger partial charge in [0, 0.05) is 43.5 Å². The topological polar surface area (TPSA) is 107 Å². The zero-order valence-electron chi connectivity index (χ0n) is 14.7. The second-order valence-electron chi connectivity index (χ2n) is 6.82. The number of hydrogen-bond acceptors (Lipinski definition) is 5. The molecule has 0 radical (unpaired) electrons. The molecule has 1 unspecified atom stereocenters. The minimum absolute atomic E-state index is 0.0394. The van der Waals surface area contributed by atoms with E-state index in [-0.39, 0.29) is 23.5 Å². The third-order valence-electron chi connectivity index (χ3n) is 4.83. The molecule has 1 aliphatic heterocycles. The van der Waals surface area contributed by atoms with Gasteiger partial charge < -0.3 is 20.5 Å². The second-order valence-corrected chi connectivity index (χ2v) is 6.82. The molecule has 1 saturated carbocycles. The predicted molar refractivity (Wildman–Crippen MR) is 92.2 cm³/mol. The molecular formula is C17H25N5O3. The molecule has 0 spiro atoms. The van der Waals surface area contributed by atoms with E-state index in [0.717, 1.165) is 24.1 Å². The number of rotatable bonds is 5. The van der Waals surface area contributed by atoms with Gasteiger partial charge in [-0.1, -0.05) is 0 Å². The molecule has 0 bridgehead atoms. The number of aromatic nitrogens is 2. The van der Waals surface area contributed by atoms with E-state index >= 15 is 0 Å². The SMILES string of the molecule is Cc1nc(=O)[nH]c(C)c1CCC(=O)N1CCNCC1C(=O)NC1CC1.